The van der Waals surface area contributed by atoms with Crippen LogP contribution in [-0.2, 0) is 0 Å². The molecule has 218 valence electrons. The second-order valence-electron chi connectivity index (χ2n) is 12.1. The van der Waals surface area contributed by atoms with Crippen LogP contribution >= 0.6 is 0 Å². The molecule has 0 spiro atoms. The van der Waals surface area contributed by atoms with E-state index in [0.29, 0.717) is 0 Å². The highest BCUT2D eigenvalue weighted by Gasteiger charge is 2.40. The van der Waals surface area contributed by atoms with Crippen molar-refractivity contribution in [2.24, 2.45) is 9.98 Å². The lowest BCUT2D eigenvalue weighted by molar-refractivity contribution is 0.464. The Morgan fingerprint density at radius 1 is 0.533 bits per heavy atom. The fourth-order valence-electron chi connectivity index (χ4n) is 7.24. The lowest BCUT2D eigenvalue weighted by Gasteiger charge is -2.33. The molecule has 4 aliphatic rings. The lowest BCUT2D eigenvalue weighted by atomic mass is 9.35. The SMILES string of the molecule is CC1=NCCN1c1cccc(-c2ccc3c(c2)Oc2cccc4c2B3c2ccc(-c3cccc(N5CCN=C5C)c3)cc2O4)c1. The van der Waals surface area contributed by atoms with Gasteiger partial charge in [-0.15, -0.1) is 0 Å². The fraction of sp³-hybridized carbons (Fsp3) is 0.158. The Morgan fingerprint density at radius 3 is 1.47 bits per heavy atom. The van der Waals surface area contributed by atoms with Crippen LogP contribution in [0.2, 0.25) is 0 Å². The van der Waals surface area contributed by atoms with Crippen LogP contribution in [0.5, 0.6) is 23.0 Å². The summed E-state index contributed by atoms with van der Waals surface area (Å²) in [7, 11) is 0. The fourth-order valence-corrected chi connectivity index (χ4v) is 7.24. The molecule has 7 heteroatoms. The highest BCUT2D eigenvalue weighted by Crippen LogP contribution is 2.38. The molecule has 0 aliphatic carbocycles. The number of anilines is 2. The first-order valence-corrected chi connectivity index (χ1v) is 15.7. The number of fused-ring (bicyclic) bond motifs is 4. The third-order valence-corrected chi connectivity index (χ3v) is 9.50. The van der Waals surface area contributed by atoms with E-state index in [1.165, 1.54) is 11.4 Å². The van der Waals surface area contributed by atoms with Gasteiger partial charge in [0.2, 0.25) is 0 Å². The van der Waals surface area contributed by atoms with Gasteiger partial charge in [-0.1, -0.05) is 54.6 Å². The van der Waals surface area contributed by atoms with Gasteiger partial charge in [0.1, 0.15) is 34.7 Å². The van der Waals surface area contributed by atoms with E-state index in [-0.39, 0.29) is 6.71 Å². The summed E-state index contributed by atoms with van der Waals surface area (Å²) in [6.45, 7) is 7.71. The highest BCUT2D eigenvalue weighted by molar-refractivity contribution is 6.98. The quantitative estimate of drug-likeness (QED) is 0.230. The number of hydrogen-bond acceptors (Lipinski definition) is 6. The maximum atomic E-state index is 6.59. The van der Waals surface area contributed by atoms with Gasteiger partial charge in [-0.3, -0.25) is 9.98 Å². The molecule has 45 heavy (non-hydrogen) atoms. The van der Waals surface area contributed by atoms with E-state index in [2.05, 4.69) is 131 Å². The van der Waals surface area contributed by atoms with Crippen LogP contribution < -0.4 is 35.7 Å². The summed E-state index contributed by atoms with van der Waals surface area (Å²) < 4.78 is 13.2. The second-order valence-corrected chi connectivity index (χ2v) is 12.1. The minimum Gasteiger partial charge on any atom is -0.458 e. The van der Waals surface area contributed by atoms with Crippen LogP contribution in [0.1, 0.15) is 13.8 Å². The summed E-state index contributed by atoms with van der Waals surface area (Å²) in [6.07, 6.45) is 0. The van der Waals surface area contributed by atoms with Crippen molar-refractivity contribution < 1.29 is 9.47 Å². The Morgan fingerprint density at radius 2 is 1.00 bits per heavy atom. The zero-order valence-electron chi connectivity index (χ0n) is 25.3. The van der Waals surface area contributed by atoms with Crippen molar-refractivity contribution in [2.75, 3.05) is 36.0 Å². The average molecular weight is 587 g/mol. The minimum atomic E-state index is 0.0244. The molecule has 0 radical (unpaired) electrons. The first-order valence-electron chi connectivity index (χ1n) is 15.7. The third-order valence-electron chi connectivity index (χ3n) is 9.50. The van der Waals surface area contributed by atoms with E-state index < -0.39 is 0 Å². The van der Waals surface area contributed by atoms with Crippen LogP contribution in [0.3, 0.4) is 0 Å². The number of aliphatic imine (C=N–C) groups is 2. The standard InChI is InChI=1S/C38H31BN4O2/c1-24-40-16-18-42(24)30-8-3-6-26(20-30)28-12-14-32-36(22-28)44-34-10-5-11-35-38(34)39(32)33-15-13-29(23-37(33)45-35)27-7-4-9-31(21-27)43-19-17-41-25(43)2/h3-15,20-23H,16-19H2,1-2H3. The van der Waals surface area contributed by atoms with Crippen LogP contribution in [-0.4, -0.2) is 44.6 Å². The number of hydrogen-bond donors (Lipinski definition) is 0. The lowest BCUT2D eigenvalue weighted by Crippen LogP contribution is -2.57. The van der Waals surface area contributed by atoms with Crippen molar-refractivity contribution in [1.29, 1.82) is 0 Å². The topological polar surface area (TPSA) is 49.7 Å². The van der Waals surface area contributed by atoms with Gasteiger partial charge in [0.15, 0.2) is 0 Å². The van der Waals surface area contributed by atoms with Crippen molar-refractivity contribution in [3.63, 3.8) is 0 Å². The molecule has 9 rings (SSSR count). The molecule has 0 aromatic heterocycles. The predicted octanol–water partition coefficient (Wildman–Crippen LogP) is 6.23. The second kappa shape index (κ2) is 10.1. The van der Waals surface area contributed by atoms with Gasteiger partial charge in [0, 0.05) is 29.9 Å². The molecular formula is C38H31BN4O2. The number of rotatable bonds is 4. The van der Waals surface area contributed by atoms with E-state index in [0.717, 1.165) is 99.5 Å². The number of amidine groups is 2. The molecule has 4 heterocycles. The van der Waals surface area contributed by atoms with Crippen molar-refractivity contribution in [1.82, 2.24) is 0 Å². The molecule has 5 aromatic rings. The molecule has 0 saturated heterocycles. The minimum absolute atomic E-state index is 0.0244. The van der Waals surface area contributed by atoms with E-state index in [1.54, 1.807) is 0 Å². The van der Waals surface area contributed by atoms with Gasteiger partial charge < -0.3 is 19.3 Å². The van der Waals surface area contributed by atoms with Crippen LogP contribution in [0.15, 0.2) is 113 Å². The molecule has 0 fully saturated rings. The van der Waals surface area contributed by atoms with Gasteiger partial charge in [0.25, 0.3) is 6.71 Å². The molecule has 5 aromatic carbocycles. The number of nitrogens with zero attached hydrogens (tertiary/aromatic N) is 4. The Kier molecular flexibility index (Phi) is 5.88. The molecule has 0 atom stereocenters. The Balaban J connectivity index is 1.10. The maximum absolute atomic E-state index is 6.59. The van der Waals surface area contributed by atoms with E-state index >= 15 is 0 Å². The molecule has 0 saturated carbocycles. The van der Waals surface area contributed by atoms with E-state index in [4.69, 9.17) is 9.47 Å². The van der Waals surface area contributed by atoms with Crippen LogP contribution in [0, 0.1) is 0 Å². The molecule has 0 bridgehead atoms. The Bertz CT molecular complexity index is 1940. The largest absolute Gasteiger partial charge is 0.458 e. The maximum Gasteiger partial charge on any atom is 0.260 e. The Hall–Kier alpha value is -5.30. The van der Waals surface area contributed by atoms with Crippen molar-refractivity contribution in [3.05, 3.63) is 103 Å². The van der Waals surface area contributed by atoms with Gasteiger partial charge >= 0.3 is 0 Å². The first kappa shape index (κ1) is 26.1. The van der Waals surface area contributed by atoms with E-state index in [1.807, 2.05) is 6.07 Å². The summed E-state index contributed by atoms with van der Waals surface area (Å²) in [5.74, 6) is 5.62. The summed E-state index contributed by atoms with van der Waals surface area (Å²) in [4.78, 5) is 13.7. The molecule has 0 amide bonds. The van der Waals surface area contributed by atoms with Gasteiger partial charge in [-0.05, 0) is 95.6 Å². The van der Waals surface area contributed by atoms with Gasteiger partial charge in [-0.25, -0.2) is 0 Å². The monoisotopic (exact) mass is 586 g/mol. The van der Waals surface area contributed by atoms with Crippen molar-refractivity contribution in [2.45, 2.75) is 13.8 Å². The normalized spacial score (nSPS) is 15.9. The Labute approximate surface area is 263 Å². The summed E-state index contributed by atoms with van der Waals surface area (Å²) in [6, 6.07) is 36.8. The average Bonchev–Trinajstić information content (AvgIpc) is 3.71. The van der Waals surface area contributed by atoms with Crippen LogP contribution in [0.25, 0.3) is 22.3 Å². The van der Waals surface area contributed by atoms with E-state index in [9.17, 15) is 0 Å². The molecule has 4 aliphatic heterocycles. The number of ether oxygens (including phenoxy) is 2. The third kappa shape index (κ3) is 4.25. The first-order chi connectivity index (χ1) is 22.1. The zero-order chi connectivity index (χ0) is 30.1. The molecular weight excluding hydrogens is 555 g/mol. The summed E-state index contributed by atoms with van der Waals surface area (Å²) >= 11 is 0. The summed E-state index contributed by atoms with van der Waals surface area (Å²) in [5, 5.41) is 0. The predicted molar refractivity (Wildman–Crippen MR) is 186 cm³/mol. The zero-order valence-corrected chi connectivity index (χ0v) is 25.3. The van der Waals surface area contributed by atoms with Gasteiger partial charge in [0.05, 0.1) is 13.1 Å². The van der Waals surface area contributed by atoms with Crippen molar-refractivity contribution >= 4 is 46.1 Å². The molecule has 0 N–H and O–H groups in total. The smallest absolute Gasteiger partial charge is 0.260 e. The highest BCUT2D eigenvalue weighted by atomic mass is 16.5. The molecule has 0 unspecified atom stereocenters. The van der Waals surface area contributed by atoms with Crippen molar-refractivity contribution in [3.8, 4) is 45.3 Å². The van der Waals surface area contributed by atoms with Crippen LogP contribution in [0.4, 0.5) is 11.4 Å². The number of benzene rings is 5. The van der Waals surface area contributed by atoms with Gasteiger partial charge in [-0.2, -0.15) is 0 Å². The summed E-state index contributed by atoms with van der Waals surface area (Å²) in [5.41, 5.74) is 10.3. The molecule has 6 nitrogen and oxygen atoms in total.